The fourth-order valence-corrected chi connectivity index (χ4v) is 1.62. The number of rotatable bonds is 1. The smallest absolute Gasteiger partial charge is 0.128 e. The molecule has 1 unspecified atom stereocenters. The van der Waals surface area contributed by atoms with Gasteiger partial charge in [0, 0.05) is 12.6 Å². The minimum absolute atomic E-state index is 0.0150. The first-order valence-electron chi connectivity index (χ1n) is 4.60. The van der Waals surface area contributed by atoms with Crippen LogP contribution >= 0.6 is 0 Å². The van der Waals surface area contributed by atoms with E-state index in [2.05, 4.69) is 0 Å². The van der Waals surface area contributed by atoms with Gasteiger partial charge in [0.05, 0.1) is 6.04 Å². The molecule has 0 bridgehead atoms. The zero-order valence-electron chi connectivity index (χ0n) is 8.02. The lowest BCUT2D eigenvalue weighted by Crippen LogP contribution is -2.19. The normalized spacial score (nSPS) is 20.1. The minimum Gasteiger partial charge on any atom is -0.370 e. The summed E-state index contributed by atoms with van der Waals surface area (Å²) in [7, 11) is 1.94. The SMILES string of the molecule is CN1C=CC=CC1c1ccccc1F. The summed E-state index contributed by atoms with van der Waals surface area (Å²) < 4.78 is 13.5. The molecule has 1 atom stereocenters. The lowest BCUT2D eigenvalue weighted by Gasteiger charge is -2.26. The molecule has 0 aliphatic carbocycles. The van der Waals surface area contributed by atoms with Crippen LogP contribution < -0.4 is 0 Å². The molecule has 14 heavy (non-hydrogen) atoms. The van der Waals surface area contributed by atoms with Crippen molar-refractivity contribution in [1.29, 1.82) is 0 Å². The Bertz CT molecular complexity index is 382. The Hall–Kier alpha value is -1.57. The van der Waals surface area contributed by atoms with E-state index in [-0.39, 0.29) is 11.9 Å². The zero-order chi connectivity index (χ0) is 9.97. The third kappa shape index (κ3) is 1.55. The molecule has 1 heterocycles. The van der Waals surface area contributed by atoms with E-state index in [1.807, 2.05) is 48.5 Å². The monoisotopic (exact) mass is 189 g/mol. The van der Waals surface area contributed by atoms with Crippen LogP contribution in [-0.2, 0) is 0 Å². The van der Waals surface area contributed by atoms with Gasteiger partial charge in [-0.3, -0.25) is 0 Å². The molecule has 1 aromatic rings. The highest BCUT2D eigenvalue weighted by molar-refractivity contribution is 5.28. The Kier molecular flexibility index (Phi) is 2.35. The van der Waals surface area contributed by atoms with Crippen LogP contribution in [0.5, 0.6) is 0 Å². The Labute approximate surface area is 83.2 Å². The van der Waals surface area contributed by atoms with Crippen LogP contribution in [0.4, 0.5) is 4.39 Å². The van der Waals surface area contributed by atoms with Gasteiger partial charge in [-0.15, -0.1) is 0 Å². The quantitative estimate of drug-likeness (QED) is 0.656. The summed E-state index contributed by atoms with van der Waals surface area (Å²) >= 11 is 0. The third-order valence-corrected chi connectivity index (χ3v) is 2.39. The molecule has 0 radical (unpaired) electrons. The van der Waals surface area contributed by atoms with Crippen molar-refractivity contribution >= 4 is 0 Å². The first-order chi connectivity index (χ1) is 6.79. The predicted molar refractivity (Wildman–Crippen MR) is 55.2 cm³/mol. The Morgan fingerprint density at radius 2 is 2.00 bits per heavy atom. The van der Waals surface area contributed by atoms with Gasteiger partial charge in [-0.05, 0) is 18.3 Å². The highest BCUT2D eigenvalue weighted by atomic mass is 19.1. The number of hydrogen-bond donors (Lipinski definition) is 0. The topological polar surface area (TPSA) is 3.24 Å². The third-order valence-electron chi connectivity index (χ3n) is 2.39. The molecule has 0 amide bonds. The number of hydrogen-bond acceptors (Lipinski definition) is 1. The van der Waals surface area contributed by atoms with Crippen molar-refractivity contribution < 1.29 is 4.39 Å². The molecule has 0 saturated heterocycles. The molecule has 1 nitrogen and oxygen atoms in total. The van der Waals surface area contributed by atoms with Crippen molar-refractivity contribution in [3.8, 4) is 0 Å². The van der Waals surface area contributed by atoms with E-state index in [0.29, 0.717) is 0 Å². The molecule has 1 aliphatic heterocycles. The summed E-state index contributed by atoms with van der Waals surface area (Å²) in [6, 6.07) is 6.90. The molecule has 0 N–H and O–H groups in total. The molecular weight excluding hydrogens is 177 g/mol. The number of allylic oxidation sites excluding steroid dienone is 2. The van der Waals surface area contributed by atoms with E-state index in [1.165, 1.54) is 6.07 Å². The summed E-state index contributed by atoms with van der Waals surface area (Å²) in [5.74, 6) is -0.149. The summed E-state index contributed by atoms with van der Waals surface area (Å²) in [6.45, 7) is 0. The molecule has 72 valence electrons. The first-order valence-corrected chi connectivity index (χ1v) is 4.60. The minimum atomic E-state index is -0.149. The van der Waals surface area contributed by atoms with Crippen LogP contribution in [0.25, 0.3) is 0 Å². The molecule has 2 heteroatoms. The fraction of sp³-hybridized carbons (Fsp3) is 0.167. The second kappa shape index (κ2) is 3.66. The maximum Gasteiger partial charge on any atom is 0.128 e. The predicted octanol–water partition coefficient (Wildman–Crippen LogP) is 2.88. The second-order valence-corrected chi connectivity index (χ2v) is 3.36. The van der Waals surface area contributed by atoms with Gasteiger partial charge in [0.1, 0.15) is 5.82 Å². The molecule has 1 aliphatic rings. The molecule has 0 spiro atoms. The van der Waals surface area contributed by atoms with E-state index in [4.69, 9.17) is 0 Å². The Balaban J connectivity index is 2.36. The molecular formula is C12H12FN. The number of benzene rings is 1. The van der Waals surface area contributed by atoms with Crippen molar-refractivity contribution in [1.82, 2.24) is 4.90 Å². The van der Waals surface area contributed by atoms with Crippen LogP contribution in [0.15, 0.2) is 48.7 Å². The van der Waals surface area contributed by atoms with E-state index in [9.17, 15) is 4.39 Å². The molecule has 0 fully saturated rings. The van der Waals surface area contributed by atoms with Gasteiger partial charge in [-0.2, -0.15) is 0 Å². The van der Waals surface area contributed by atoms with Crippen molar-refractivity contribution in [3.63, 3.8) is 0 Å². The molecule has 1 aromatic carbocycles. The van der Waals surface area contributed by atoms with Crippen molar-refractivity contribution in [3.05, 3.63) is 60.1 Å². The zero-order valence-corrected chi connectivity index (χ0v) is 8.02. The van der Waals surface area contributed by atoms with Gasteiger partial charge in [0.15, 0.2) is 0 Å². The fourth-order valence-electron chi connectivity index (χ4n) is 1.62. The van der Waals surface area contributed by atoms with Crippen molar-refractivity contribution in [2.24, 2.45) is 0 Å². The number of likely N-dealkylation sites (N-methyl/N-ethyl adjacent to an activating group) is 1. The van der Waals surface area contributed by atoms with Gasteiger partial charge >= 0.3 is 0 Å². The first kappa shape index (κ1) is 9.00. The van der Waals surface area contributed by atoms with E-state index >= 15 is 0 Å². The van der Waals surface area contributed by atoms with Crippen LogP contribution in [0, 0.1) is 5.82 Å². The molecule has 2 rings (SSSR count). The van der Waals surface area contributed by atoms with Gasteiger partial charge in [0.2, 0.25) is 0 Å². The lowest BCUT2D eigenvalue weighted by atomic mass is 10.0. The summed E-state index contributed by atoms with van der Waals surface area (Å²) in [6.07, 6.45) is 7.81. The Morgan fingerprint density at radius 1 is 1.21 bits per heavy atom. The van der Waals surface area contributed by atoms with E-state index < -0.39 is 0 Å². The van der Waals surface area contributed by atoms with Gasteiger partial charge in [-0.1, -0.05) is 30.4 Å². The van der Waals surface area contributed by atoms with Crippen molar-refractivity contribution in [2.45, 2.75) is 6.04 Å². The van der Waals surface area contributed by atoms with Crippen LogP contribution in [0.2, 0.25) is 0 Å². The van der Waals surface area contributed by atoms with Gasteiger partial charge in [0.25, 0.3) is 0 Å². The highest BCUT2D eigenvalue weighted by Gasteiger charge is 2.16. The average molecular weight is 189 g/mol. The Morgan fingerprint density at radius 3 is 2.71 bits per heavy atom. The molecule has 0 aromatic heterocycles. The van der Waals surface area contributed by atoms with Crippen LogP contribution in [0.1, 0.15) is 11.6 Å². The highest BCUT2D eigenvalue weighted by Crippen LogP contribution is 2.25. The van der Waals surface area contributed by atoms with Gasteiger partial charge in [-0.25, -0.2) is 4.39 Å². The van der Waals surface area contributed by atoms with Gasteiger partial charge < -0.3 is 4.90 Å². The summed E-state index contributed by atoms with van der Waals surface area (Å²) in [5, 5.41) is 0. The maximum absolute atomic E-state index is 13.5. The standard InChI is InChI=1S/C12H12FN/c1-14-9-5-4-8-12(14)10-6-2-3-7-11(10)13/h2-9,12H,1H3. The summed E-state index contributed by atoms with van der Waals surface area (Å²) in [5.41, 5.74) is 0.718. The second-order valence-electron chi connectivity index (χ2n) is 3.36. The average Bonchev–Trinajstić information content (AvgIpc) is 2.20. The number of halogens is 1. The molecule has 0 saturated carbocycles. The maximum atomic E-state index is 13.5. The van der Waals surface area contributed by atoms with Crippen molar-refractivity contribution in [2.75, 3.05) is 7.05 Å². The lowest BCUT2D eigenvalue weighted by molar-refractivity contribution is 0.378. The van der Waals surface area contributed by atoms with Crippen LogP contribution in [0.3, 0.4) is 0 Å². The summed E-state index contributed by atoms with van der Waals surface area (Å²) in [4.78, 5) is 1.98. The van der Waals surface area contributed by atoms with E-state index in [1.54, 1.807) is 6.07 Å². The number of nitrogens with zero attached hydrogens (tertiary/aromatic N) is 1. The van der Waals surface area contributed by atoms with E-state index in [0.717, 1.165) is 5.56 Å². The van der Waals surface area contributed by atoms with Crippen LogP contribution in [-0.4, -0.2) is 11.9 Å². The largest absolute Gasteiger partial charge is 0.370 e.